The van der Waals surface area contributed by atoms with E-state index in [0.29, 0.717) is 11.7 Å². The molecule has 1 nitrogen and oxygen atoms in total. The molecule has 1 aromatic carbocycles. The first-order chi connectivity index (χ1) is 8.81. The lowest BCUT2D eigenvalue weighted by molar-refractivity contribution is -0.119. The van der Waals surface area contributed by atoms with Gasteiger partial charge in [0, 0.05) is 12.8 Å². The first kappa shape index (κ1) is 12.0. The van der Waals surface area contributed by atoms with Gasteiger partial charge >= 0.3 is 0 Å². The van der Waals surface area contributed by atoms with Gasteiger partial charge in [-0.3, -0.25) is 4.79 Å². The monoisotopic (exact) mass is 242 g/mol. The Morgan fingerprint density at radius 2 is 1.89 bits per heavy atom. The maximum absolute atomic E-state index is 11.7. The third-order valence-electron chi connectivity index (χ3n) is 4.52. The van der Waals surface area contributed by atoms with Gasteiger partial charge in [-0.2, -0.15) is 0 Å². The molecule has 1 unspecified atom stereocenters. The predicted molar refractivity (Wildman–Crippen MR) is 73.8 cm³/mol. The number of carbonyl (C=O) groups is 1. The third kappa shape index (κ3) is 2.66. The molecule has 0 bridgehead atoms. The minimum absolute atomic E-state index is 0.485. The zero-order chi connectivity index (χ0) is 12.4. The molecule has 1 fully saturated rings. The number of Topliss-reactive ketones (excluding diaryl/α,β-unsaturated/α-hetero) is 1. The molecule has 2 aliphatic carbocycles. The second kappa shape index (κ2) is 5.26. The lowest BCUT2D eigenvalue weighted by Crippen LogP contribution is -2.08. The topological polar surface area (TPSA) is 17.1 Å². The van der Waals surface area contributed by atoms with Crippen LogP contribution in [0.3, 0.4) is 0 Å². The lowest BCUT2D eigenvalue weighted by Gasteiger charge is -2.14. The largest absolute Gasteiger partial charge is 0.300 e. The number of hydrogen-bond acceptors (Lipinski definition) is 1. The van der Waals surface area contributed by atoms with Gasteiger partial charge in [0.05, 0.1) is 0 Å². The molecule has 0 aliphatic heterocycles. The molecule has 1 atom stereocenters. The van der Waals surface area contributed by atoms with E-state index >= 15 is 0 Å². The van der Waals surface area contributed by atoms with Crippen molar-refractivity contribution in [1.29, 1.82) is 0 Å². The van der Waals surface area contributed by atoms with Crippen LogP contribution in [-0.2, 0) is 24.1 Å². The number of benzene rings is 1. The molecule has 96 valence electrons. The van der Waals surface area contributed by atoms with E-state index in [1.165, 1.54) is 37.7 Å². The van der Waals surface area contributed by atoms with Crippen LogP contribution in [0, 0.1) is 5.92 Å². The van der Waals surface area contributed by atoms with Crippen molar-refractivity contribution in [2.75, 3.05) is 0 Å². The zero-order valence-corrected chi connectivity index (χ0v) is 11.1. The van der Waals surface area contributed by atoms with Crippen molar-refractivity contribution in [1.82, 2.24) is 0 Å². The molecule has 0 aromatic heterocycles. The van der Waals surface area contributed by atoms with Crippen molar-refractivity contribution in [3.63, 3.8) is 0 Å². The summed E-state index contributed by atoms with van der Waals surface area (Å²) in [7, 11) is 0. The molecular weight excluding hydrogens is 220 g/mol. The molecule has 2 aliphatic rings. The van der Waals surface area contributed by atoms with Crippen LogP contribution >= 0.6 is 0 Å². The number of hydrogen-bond donors (Lipinski definition) is 0. The van der Waals surface area contributed by atoms with E-state index in [0.717, 1.165) is 25.7 Å². The highest BCUT2D eigenvalue weighted by Gasteiger charge is 2.19. The summed E-state index contributed by atoms with van der Waals surface area (Å²) in [6, 6.07) is 7.01. The van der Waals surface area contributed by atoms with Gasteiger partial charge in [-0.05, 0) is 61.1 Å². The van der Waals surface area contributed by atoms with Gasteiger partial charge in [0.25, 0.3) is 0 Å². The normalized spacial score (nSPS) is 23.8. The Balaban J connectivity index is 1.70. The van der Waals surface area contributed by atoms with Crippen molar-refractivity contribution in [2.45, 2.75) is 57.8 Å². The zero-order valence-electron chi connectivity index (χ0n) is 11.1. The molecule has 0 saturated heterocycles. The van der Waals surface area contributed by atoms with Crippen LogP contribution in [0.5, 0.6) is 0 Å². The second-order valence-corrected chi connectivity index (χ2v) is 6.02. The van der Waals surface area contributed by atoms with Crippen LogP contribution in [-0.4, -0.2) is 5.78 Å². The molecule has 0 spiro atoms. The van der Waals surface area contributed by atoms with Gasteiger partial charge < -0.3 is 0 Å². The van der Waals surface area contributed by atoms with Crippen LogP contribution < -0.4 is 0 Å². The summed E-state index contributed by atoms with van der Waals surface area (Å²) in [5, 5.41) is 0. The fourth-order valence-corrected chi connectivity index (χ4v) is 3.54. The summed E-state index contributed by atoms with van der Waals surface area (Å²) in [4.78, 5) is 11.7. The number of fused-ring (bicyclic) bond motifs is 1. The standard InChI is InChI=1S/C17H22O/c18-17-7-2-1-4-13(12-17)10-14-8-9-15-5-3-6-16(15)11-14/h8-9,11,13H,1-7,10,12H2. The molecule has 0 N–H and O–H groups in total. The van der Waals surface area contributed by atoms with Crippen LogP contribution in [0.2, 0.25) is 0 Å². The first-order valence-electron chi connectivity index (χ1n) is 7.43. The Kier molecular flexibility index (Phi) is 3.49. The SMILES string of the molecule is O=C1CCCCC(Cc2ccc3c(c2)CCC3)C1. The van der Waals surface area contributed by atoms with E-state index < -0.39 is 0 Å². The molecule has 1 aromatic rings. The molecule has 0 radical (unpaired) electrons. The van der Waals surface area contributed by atoms with Gasteiger partial charge in [-0.25, -0.2) is 0 Å². The Hall–Kier alpha value is -1.11. The minimum Gasteiger partial charge on any atom is -0.300 e. The highest BCUT2D eigenvalue weighted by molar-refractivity contribution is 5.78. The van der Waals surface area contributed by atoms with Gasteiger partial charge in [0.2, 0.25) is 0 Å². The number of rotatable bonds is 2. The molecule has 0 amide bonds. The van der Waals surface area contributed by atoms with Crippen molar-refractivity contribution in [3.8, 4) is 0 Å². The molecule has 1 heteroatoms. The smallest absolute Gasteiger partial charge is 0.133 e. The first-order valence-corrected chi connectivity index (χ1v) is 7.43. The summed E-state index contributed by atoms with van der Waals surface area (Å²) >= 11 is 0. The van der Waals surface area contributed by atoms with Crippen LogP contribution in [0.1, 0.15) is 55.2 Å². The summed E-state index contributed by atoms with van der Waals surface area (Å²) in [5.74, 6) is 1.08. The van der Waals surface area contributed by atoms with E-state index in [1.807, 2.05) is 0 Å². The van der Waals surface area contributed by atoms with Crippen molar-refractivity contribution in [2.24, 2.45) is 5.92 Å². The number of carbonyl (C=O) groups excluding carboxylic acids is 1. The van der Waals surface area contributed by atoms with E-state index in [4.69, 9.17) is 0 Å². The predicted octanol–water partition coefficient (Wildman–Crippen LogP) is 3.87. The van der Waals surface area contributed by atoms with Gasteiger partial charge in [0.15, 0.2) is 0 Å². The number of ketones is 1. The molecule has 1 saturated carbocycles. The summed E-state index contributed by atoms with van der Waals surface area (Å²) in [6.45, 7) is 0. The van der Waals surface area contributed by atoms with E-state index in [2.05, 4.69) is 18.2 Å². The highest BCUT2D eigenvalue weighted by Crippen LogP contribution is 2.27. The van der Waals surface area contributed by atoms with Crippen molar-refractivity contribution >= 4 is 5.78 Å². The summed E-state index contributed by atoms with van der Waals surface area (Å²) in [6.07, 6.45) is 10.2. The molecule has 18 heavy (non-hydrogen) atoms. The van der Waals surface area contributed by atoms with Crippen LogP contribution in [0.4, 0.5) is 0 Å². The van der Waals surface area contributed by atoms with Gasteiger partial charge in [-0.1, -0.05) is 24.6 Å². The van der Waals surface area contributed by atoms with E-state index in [1.54, 1.807) is 11.1 Å². The summed E-state index contributed by atoms with van der Waals surface area (Å²) in [5.41, 5.74) is 4.57. The average molecular weight is 242 g/mol. The minimum atomic E-state index is 0.485. The molecule has 0 heterocycles. The Labute approximate surface area is 110 Å². The fraction of sp³-hybridized carbons (Fsp3) is 0.588. The van der Waals surface area contributed by atoms with E-state index in [-0.39, 0.29) is 0 Å². The number of aryl methyl sites for hydroxylation is 2. The quantitative estimate of drug-likeness (QED) is 0.720. The Morgan fingerprint density at radius 1 is 1.00 bits per heavy atom. The Morgan fingerprint density at radius 3 is 2.83 bits per heavy atom. The van der Waals surface area contributed by atoms with Crippen molar-refractivity contribution in [3.05, 3.63) is 34.9 Å². The van der Waals surface area contributed by atoms with E-state index in [9.17, 15) is 4.79 Å². The lowest BCUT2D eigenvalue weighted by atomic mass is 9.91. The van der Waals surface area contributed by atoms with Gasteiger partial charge in [-0.15, -0.1) is 0 Å². The molecule has 3 rings (SSSR count). The fourth-order valence-electron chi connectivity index (χ4n) is 3.54. The summed E-state index contributed by atoms with van der Waals surface area (Å²) < 4.78 is 0. The third-order valence-corrected chi connectivity index (χ3v) is 4.52. The van der Waals surface area contributed by atoms with Crippen LogP contribution in [0.15, 0.2) is 18.2 Å². The highest BCUT2D eigenvalue weighted by atomic mass is 16.1. The average Bonchev–Trinajstić information content (AvgIpc) is 2.72. The second-order valence-electron chi connectivity index (χ2n) is 6.02. The van der Waals surface area contributed by atoms with Crippen molar-refractivity contribution < 1.29 is 4.79 Å². The van der Waals surface area contributed by atoms with Crippen LogP contribution in [0.25, 0.3) is 0 Å². The van der Waals surface area contributed by atoms with Gasteiger partial charge in [0.1, 0.15) is 5.78 Å². The maximum Gasteiger partial charge on any atom is 0.133 e. The molecular formula is C17H22O. The Bertz CT molecular complexity index is 447. The maximum atomic E-state index is 11.7.